The minimum absolute atomic E-state index is 0. The number of esters is 3. The van der Waals surface area contributed by atoms with Gasteiger partial charge in [0.2, 0.25) is 0 Å². The van der Waals surface area contributed by atoms with Gasteiger partial charge in [-0.2, -0.15) is 0 Å². The fraction of sp³-hybridized carbons (Fsp3) is 0.444. The largest absolute Gasteiger partial charge is 1.00 e. The highest BCUT2D eigenvalue weighted by molar-refractivity contribution is 5.92. The van der Waals surface area contributed by atoms with Gasteiger partial charge >= 0.3 is 19.3 Å². The molecule has 0 aliphatic carbocycles. The maximum absolute atomic E-state index is 10.8. The number of rotatable bonds is 5. The first-order chi connectivity index (χ1) is 6.60. The lowest BCUT2D eigenvalue weighted by atomic mass is 10.3. The first-order valence-corrected chi connectivity index (χ1v) is 4.12. The number of carbonyl (C=O) groups is 3. The summed E-state index contributed by atoms with van der Waals surface area (Å²) in [6.45, 7) is 5.05. The number of hydrogen-bond donors (Lipinski definition) is 0. The Kier molecular flexibility index (Phi) is 6.02. The van der Waals surface area contributed by atoms with Crippen LogP contribution in [0.15, 0.2) is 12.7 Å². The summed E-state index contributed by atoms with van der Waals surface area (Å²) in [7, 11) is 0. The molecule has 78 valence electrons. The lowest BCUT2D eigenvalue weighted by Gasteiger charge is -2.00. The van der Waals surface area contributed by atoms with Gasteiger partial charge in [-0.15, -0.1) is 0 Å². The minimum atomic E-state index is -0.821. The number of hydrogen-bond acceptors (Lipinski definition) is 5. The molecular weight excluding hydrogens is 188 g/mol. The van der Waals surface area contributed by atoms with Crippen LogP contribution < -0.4 is 0 Å². The molecule has 0 atom stereocenters. The first-order valence-electron chi connectivity index (χ1n) is 4.12. The lowest BCUT2D eigenvalue weighted by Crippen LogP contribution is -2.12. The summed E-state index contributed by atoms with van der Waals surface area (Å²) in [6, 6.07) is 0. The maximum Gasteiger partial charge on any atom is 1.00 e. The van der Waals surface area contributed by atoms with Gasteiger partial charge in [0.1, 0.15) is 0 Å². The van der Waals surface area contributed by atoms with E-state index in [1.54, 1.807) is 6.92 Å². The maximum atomic E-state index is 10.8. The molecule has 0 spiro atoms. The third-order valence-electron chi connectivity index (χ3n) is 1.22. The van der Waals surface area contributed by atoms with Crippen molar-refractivity contribution in [3.8, 4) is 0 Å². The Balaban J connectivity index is 0. The first kappa shape index (κ1) is 12.3. The van der Waals surface area contributed by atoms with E-state index in [9.17, 15) is 14.4 Å². The van der Waals surface area contributed by atoms with E-state index in [0.29, 0.717) is 0 Å². The highest BCUT2D eigenvalue weighted by Gasteiger charge is 2.10. The van der Waals surface area contributed by atoms with Crippen LogP contribution in [-0.4, -0.2) is 24.5 Å². The molecule has 14 heavy (non-hydrogen) atoms. The van der Waals surface area contributed by atoms with Crippen LogP contribution in [0.4, 0.5) is 0 Å². The van der Waals surface area contributed by atoms with Crippen LogP contribution in [0.1, 0.15) is 21.2 Å². The second-order valence-corrected chi connectivity index (χ2v) is 2.30. The van der Waals surface area contributed by atoms with Crippen molar-refractivity contribution >= 4 is 17.9 Å². The van der Waals surface area contributed by atoms with E-state index in [2.05, 4.69) is 16.1 Å². The van der Waals surface area contributed by atoms with Gasteiger partial charge in [0.05, 0.1) is 19.4 Å². The van der Waals surface area contributed by atoms with Gasteiger partial charge in [-0.25, -0.2) is 4.79 Å². The van der Waals surface area contributed by atoms with E-state index < -0.39 is 17.9 Å². The smallest absolute Gasteiger partial charge is 0.466 e. The molecule has 0 N–H and O–H groups in total. The quantitative estimate of drug-likeness (QED) is 0.372. The van der Waals surface area contributed by atoms with Crippen molar-refractivity contribution < 1.29 is 25.3 Å². The Labute approximate surface area is 83.2 Å². The van der Waals surface area contributed by atoms with Crippen LogP contribution in [0.25, 0.3) is 0 Å². The number of ether oxygens (including phenoxy) is 2. The molecule has 5 heteroatoms. The van der Waals surface area contributed by atoms with Crippen molar-refractivity contribution in [2.24, 2.45) is 0 Å². The van der Waals surface area contributed by atoms with Gasteiger partial charge in [-0.3, -0.25) is 9.59 Å². The molecule has 0 amide bonds. The summed E-state index contributed by atoms with van der Waals surface area (Å²) in [5.41, 5.74) is 0. The number of carbonyl (C=O) groups excluding carboxylic acids is 3. The van der Waals surface area contributed by atoms with Crippen molar-refractivity contribution in [2.75, 3.05) is 6.61 Å². The summed E-state index contributed by atoms with van der Waals surface area (Å²) in [4.78, 5) is 32.1. The Bertz CT molecular complexity index is 249. The lowest BCUT2D eigenvalue weighted by molar-refractivity contribution is -0.158. The SMILES string of the molecule is C=CC(=O)OC(=O)CCC(=O)OCC.[H+]. The molecule has 0 aromatic carbocycles. The zero-order valence-corrected chi connectivity index (χ0v) is 7.95. The molecule has 0 fully saturated rings. The van der Waals surface area contributed by atoms with Gasteiger partial charge in [-0.05, 0) is 6.92 Å². The van der Waals surface area contributed by atoms with Gasteiger partial charge in [0.25, 0.3) is 0 Å². The van der Waals surface area contributed by atoms with Crippen LogP contribution in [0.5, 0.6) is 0 Å². The average molecular weight is 201 g/mol. The van der Waals surface area contributed by atoms with Crippen LogP contribution in [0.2, 0.25) is 0 Å². The Morgan fingerprint density at radius 2 is 1.86 bits per heavy atom. The Morgan fingerprint density at radius 3 is 2.36 bits per heavy atom. The Hall–Kier alpha value is -1.65. The van der Waals surface area contributed by atoms with Gasteiger partial charge in [0.15, 0.2) is 0 Å². The standard InChI is InChI=1S/C9H12O5/c1-3-7(10)14-9(12)6-5-8(11)13-4-2/h3H,1,4-6H2,2H3/p+1. The fourth-order valence-electron chi connectivity index (χ4n) is 0.642. The predicted molar refractivity (Wildman–Crippen MR) is 48.3 cm³/mol. The van der Waals surface area contributed by atoms with Gasteiger partial charge < -0.3 is 9.47 Å². The molecule has 0 unspecified atom stereocenters. The predicted octanol–water partition coefficient (Wildman–Crippen LogP) is 0.698. The monoisotopic (exact) mass is 201 g/mol. The summed E-state index contributed by atoms with van der Waals surface area (Å²) in [5, 5.41) is 0. The highest BCUT2D eigenvalue weighted by Crippen LogP contribution is 1.96. The van der Waals surface area contributed by atoms with Crippen molar-refractivity contribution in [1.82, 2.24) is 0 Å². The normalized spacial score (nSPS) is 8.93. The minimum Gasteiger partial charge on any atom is -0.466 e. The van der Waals surface area contributed by atoms with Crippen molar-refractivity contribution in [2.45, 2.75) is 19.8 Å². The molecule has 0 saturated carbocycles. The van der Waals surface area contributed by atoms with Crippen LogP contribution >= 0.6 is 0 Å². The highest BCUT2D eigenvalue weighted by atomic mass is 16.6. The summed E-state index contributed by atoms with van der Waals surface area (Å²) in [6.07, 6.45) is 0.623. The van der Waals surface area contributed by atoms with Crippen LogP contribution in [0, 0.1) is 0 Å². The molecule has 0 aromatic heterocycles. The molecule has 0 aromatic rings. The van der Waals surface area contributed by atoms with Crippen molar-refractivity contribution in [1.29, 1.82) is 0 Å². The summed E-state index contributed by atoms with van der Waals surface area (Å²) in [5.74, 6) is -2.07. The van der Waals surface area contributed by atoms with E-state index in [1.807, 2.05) is 0 Å². The second-order valence-electron chi connectivity index (χ2n) is 2.30. The van der Waals surface area contributed by atoms with Crippen molar-refractivity contribution in [3.05, 3.63) is 12.7 Å². The van der Waals surface area contributed by atoms with E-state index in [-0.39, 0.29) is 20.9 Å². The van der Waals surface area contributed by atoms with Crippen LogP contribution in [-0.2, 0) is 23.9 Å². The van der Waals surface area contributed by atoms with Crippen molar-refractivity contribution in [3.63, 3.8) is 0 Å². The summed E-state index contributed by atoms with van der Waals surface area (Å²) >= 11 is 0. The molecule has 0 bridgehead atoms. The Morgan fingerprint density at radius 1 is 1.29 bits per heavy atom. The fourth-order valence-corrected chi connectivity index (χ4v) is 0.642. The molecule has 0 rings (SSSR count). The second kappa shape index (κ2) is 6.82. The van der Waals surface area contributed by atoms with Gasteiger partial charge in [-0.1, -0.05) is 6.58 Å². The molecule has 0 radical (unpaired) electrons. The molecular formula is C9H13O5+. The zero-order valence-electron chi connectivity index (χ0n) is 8.95. The third kappa shape index (κ3) is 5.93. The molecule has 0 aliphatic heterocycles. The summed E-state index contributed by atoms with van der Waals surface area (Å²) < 4.78 is 8.80. The molecule has 0 heterocycles. The average Bonchev–Trinajstić information content (AvgIpc) is 2.15. The molecule has 5 nitrogen and oxygen atoms in total. The van der Waals surface area contributed by atoms with E-state index in [4.69, 9.17) is 0 Å². The zero-order chi connectivity index (χ0) is 11.0. The van der Waals surface area contributed by atoms with E-state index >= 15 is 0 Å². The molecule has 0 aliphatic rings. The third-order valence-corrected chi connectivity index (χ3v) is 1.22. The van der Waals surface area contributed by atoms with Gasteiger partial charge in [0, 0.05) is 6.08 Å². The molecule has 0 saturated heterocycles. The van der Waals surface area contributed by atoms with E-state index in [0.717, 1.165) is 6.08 Å². The van der Waals surface area contributed by atoms with Crippen LogP contribution in [0.3, 0.4) is 0 Å². The topological polar surface area (TPSA) is 69.7 Å². The van der Waals surface area contributed by atoms with E-state index in [1.165, 1.54) is 0 Å².